The second kappa shape index (κ2) is 13.2. The molecule has 0 spiro atoms. The zero-order chi connectivity index (χ0) is 27.7. The number of alkyl carbamates (subject to hydrolysis) is 1. The quantitative estimate of drug-likeness (QED) is 0.316. The van der Waals surface area contributed by atoms with Crippen LogP contribution < -0.4 is 5.32 Å². The second-order valence-corrected chi connectivity index (χ2v) is 7.82. The van der Waals surface area contributed by atoms with Crippen molar-refractivity contribution in [2.24, 2.45) is 0 Å². The van der Waals surface area contributed by atoms with Crippen LogP contribution in [-0.4, -0.2) is 77.8 Å². The van der Waals surface area contributed by atoms with E-state index in [2.05, 4.69) is 5.32 Å². The third-order valence-corrected chi connectivity index (χ3v) is 4.80. The van der Waals surface area contributed by atoms with E-state index in [1.165, 1.54) is 0 Å². The fraction of sp³-hybridized carbons (Fsp3) is 0.478. The smallest absolute Gasteiger partial charge is 0.408 e. The Balaban J connectivity index is 2.38. The Hall–Kier alpha value is -4.20. The van der Waals surface area contributed by atoms with Gasteiger partial charge < -0.3 is 38.8 Å². The van der Waals surface area contributed by atoms with Gasteiger partial charge in [-0.25, -0.2) is 9.59 Å². The van der Waals surface area contributed by atoms with E-state index in [1.54, 1.807) is 30.3 Å². The number of carboxylic acids is 1. The summed E-state index contributed by atoms with van der Waals surface area (Å²) in [6, 6.07) is 6.51. The molecule has 1 aliphatic rings. The molecule has 6 atom stereocenters. The maximum absolute atomic E-state index is 12.4. The van der Waals surface area contributed by atoms with Gasteiger partial charge in [-0.2, -0.15) is 0 Å². The predicted molar refractivity (Wildman–Crippen MR) is 118 cm³/mol. The molecule has 202 valence electrons. The summed E-state index contributed by atoms with van der Waals surface area (Å²) in [5, 5.41) is 11.9. The third-order valence-electron chi connectivity index (χ3n) is 4.80. The Kier molecular flexibility index (Phi) is 10.4. The Labute approximate surface area is 211 Å². The lowest BCUT2D eigenvalue weighted by molar-refractivity contribution is -0.203. The number of esters is 4. The topological polar surface area (TPSA) is 190 Å². The first-order valence-electron chi connectivity index (χ1n) is 10.9. The first-order valence-corrected chi connectivity index (χ1v) is 10.9. The van der Waals surface area contributed by atoms with E-state index in [-0.39, 0.29) is 6.61 Å². The molecule has 0 aliphatic carbocycles. The van der Waals surface area contributed by atoms with Gasteiger partial charge in [0.1, 0.15) is 12.7 Å². The van der Waals surface area contributed by atoms with E-state index >= 15 is 0 Å². The van der Waals surface area contributed by atoms with Crippen molar-refractivity contribution >= 4 is 35.9 Å². The van der Waals surface area contributed by atoms with Crippen LogP contribution >= 0.6 is 0 Å². The summed E-state index contributed by atoms with van der Waals surface area (Å²) < 4.78 is 31.1. The highest BCUT2D eigenvalue weighted by atomic mass is 16.8. The van der Waals surface area contributed by atoms with Crippen LogP contribution in [0, 0.1) is 0 Å². The van der Waals surface area contributed by atoms with E-state index < -0.39 is 72.7 Å². The fourth-order valence-corrected chi connectivity index (χ4v) is 3.51. The monoisotopic (exact) mass is 525 g/mol. The van der Waals surface area contributed by atoms with Crippen molar-refractivity contribution in [1.29, 1.82) is 0 Å². The third kappa shape index (κ3) is 8.75. The molecule has 14 heteroatoms. The molecule has 0 saturated carbocycles. The van der Waals surface area contributed by atoms with Gasteiger partial charge in [0.2, 0.25) is 12.4 Å². The van der Waals surface area contributed by atoms with Gasteiger partial charge in [0.05, 0.1) is 0 Å². The summed E-state index contributed by atoms with van der Waals surface area (Å²) in [5.41, 5.74) is 0.614. The Morgan fingerprint density at radius 1 is 0.865 bits per heavy atom. The molecule has 1 aromatic rings. The number of rotatable bonds is 10. The molecule has 1 aliphatic heterocycles. The number of benzene rings is 1. The van der Waals surface area contributed by atoms with Gasteiger partial charge in [-0.1, -0.05) is 30.3 Å². The van der Waals surface area contributed by atoms with Gasteiger partial charge in [-0.15, -0.1) is 0 Å². The Bertz CT molecular complexity index is 1010. The lowest BCUT2D eigenvalue weighted by atomic mass is 9.99. The Morgan fingerprint density at radius 3 is 1.95 bits per heavy atom. The number of hydrogen-bond donors (Lipinski definition) is 2. The highest BCUT2D eigenvalue weighted by Crippen LogP contribution is 2.32. The van der Waals surface area contributed by atoms with Crippen LogP contribution in [0.2, 0.25) is 0 Å². The summed E-state index contributed by atoms with van der Waals surface area (Å²) in [4.78, 5) is 71.5. The molecule has 0 unspecified atom stereocenters. The standard InChI is InChI=1S/C23H27NO13/c1-11(25)33-17(16(21(29)30)24-23(31)32-10-15-8-6-5-7-9-15)18-19(34-12(2)26)20(35-13(3)27)22(37-18)36-14(4)28/h5-9,16-20,22H,10H2,1-4H3,(H,24,31)(H,29,30)/t16-,17-,18-,19-,20-,22+/m1/s1. The maximum Gasteiger partial charge on any atom is 0.408 e. The van der Waals surface area contributed by atoms with Gasteiger partial charge in [-0.3, -0.25) is 19.2 Å². The van der Waals surface area contributed by atoms with Crippen molar-refractivity contribution < 1.29 is 62.3 Å². The summed E-state index contributed by atoms with van der Waals surface area (Å²) >= 11 is 0. The van der Waals surface area contributed by atoms with E-state index in [1.807, 2.05) is 0 Å². The van der Waals surface area contributed by atoms with E-state index in [0.717, 1.165) is 27.7 Å². The minimum atomic E-state index is -2.00. The number of carbonyl (C=O) groups excluding carboxylic acids is 5. The molecule has 1 aromatic carbocycles. The SMILES string of the molecule is CC(=O)O[C@H]1O[C@H]([C@H](OC(C)=O)[C@@H](NC(=O)OCc2ccccc2)C(=O)O)[C@@H](OC(C)=O)[C@H]1OC(C)=O. The zero-order valence-electron chi connectivity index (χ0n) is 20.4. The van der Waals surface area contributed by atoms with Crippen molar-refractivity contribution in [1.82, 2.24) is 5.32 Å². The van der Waals surface area contributed by atoms with Crippen molar-refractivity contribution in [3.05, 3.63) is 35.9 Å². The number of nitrogens with one attached hydrogen (secondary N) is 1. The summed E-state index contributed by atoms with van der Waals surface area (Å²) in [5.74, 6) is -5.30. The molecule has 0 aromatic heterocycles. The maximum atomic E-state index is 12.4. The highest BCUT2D eigenvalue weighted by molar-refractivity contribution is 5.81. The molecule has 1 saturated heterocycles. The molecule has 1 fully saturated rings. The van der Waals surface area contributed by atoms with Crippen LogP contribution in [0.15, 0.2) is 30.3 Å². The van der Waals surface area contributed by atoms with Crippen molar-refractivity contribution in [2.75, 3.05) is 0 Å². The van der Waals surface area contributed by atoms with Gasteiger partial charge in [-0.05, 0) is 5.56 Å². The van der Waals surface area contributed by atoms with Crippen LogP contribution in [0.5, 0.6) is 0 Å². The van der Waals surface area contributed by atoms with Gasteiger partial charge in [0, 0.05) is 27.7 Å². The normalized spacial score (nSPS) is 22.1. The molecule has 1 amide bonds. The summed E-state index contributed by atoms with van der Waals surface area (Å²) in [6.07, 6.45) is -9.51. The number of carbonyl (C=O) groups is 6. The van der Waals surface area contributed by atoms with Crippen LogP contribution in [-0.2, 0) is 59.0 Å². The number of ether oxygens (including phenoxy) is 6. The average molecular weight is 525 g/mol. The molecule has 14 nitrogen and oxygen atoms in total. The average Bonchev–Trinajstić information content (AvgIpc) is 3.09. The molecule has 2 N–H and O–H groups in total. The summed E-state index contributed by atoms with van der Waals surface area (Å²) in [7, 11) is 0. The zero-order valence-corrected chi connectivity index (χ0v) is 20.4. The van der Waals surface area contributed by atoms with Crippen molar-refractivity contribution in [2.45, 2.75) is 71.0 Å². The largest absolute Gasteiger partial charge is 0.480 e. The number of carboxylic acid groups (broad SMARTS) is 1. The summed E-state index contributed by atoms with van der Waals surface area (Å²) in [6.45, 7) is 3.82. The molecule has 1 heterocycles. The minimum absolute atomic E-state index is 0.198. The van der Waals surface area contributed by atoms with Crippen molar-refractivity contribution in [3.63, 3.8) is 0 Å². The van der Waals surface area contributed by atoms with Crippen LogP contribution in [0.25, 0.3) is 0 Å². The molecule has 0 bridgehead atoms. The lowest BCUT2D eigenvalue weighted by Gasteiger charge is -2.31. The van der Waals surface area contributed by atoms with E-state index in [9.17, 15) is 33.9 Å². The Morgan fingerprint density at radius 2 is 1.43 bits per heavy atom. The van der Waals surface area contributed by atoms with Crippen LogP contribution in [0.4, 0.5) is 4.79 Å². The molecule has 37 heavy (non-hydrogen) atoms. The first kappa shape index (κ1) is 29.0. The number of amides is 1. The number of aliphatic carboxylic acids is 1. The minimum Gasteiger partial charge on any atom is -0.480 e. The second-order valence-electron chi connectivity index (χ2n) is 7.82. The van der Waals surface area contributed by atoms with Gasteiger partial charge in [0.25, 0.3) is 0 Å². The van der Waals surface area contributed by atoms with Gasteiger partial charge >= 0.3 is 35.9 Å². The predicted octanol–water partition coefficient (Wildman–Crippen LogP) is 0.449. The number of hydrogen-bond acceptors (Lipinski definition) is 12. The first-order chi connectivity index (χ1) is 17.4. The van der Waals surface area contributed by atoms with E-state index in [0.29, 0.717) is 5.56 Å². The van der Waals surface area contributed by atoms with Crippen LogP contribution in [0.1, 0.15) is 33.3 Å². The lowest BCUT2D eigenvalue weighted by Crippen LogP contribution is -2.58. The molecule has 2 rings (SSSR count). The molecular formula is C23H27NO13. The molecule has 0 radical (unpaired) electrons. The van der Waals surface area contributed by atoms with E-state index in [4.69, 9.17) is 28.4 Å². The van der Waals surface area contributed by atoms with Gasteiger partial charge in [0.15, 0.2) is 18.2 Å². The van der Waals surface area contributed by atoms with Crippen LogP contribution in [0.3, 0.4) is 0 Å². The fourth-order valence-electron chi connectivity index (χ4n) is 3.51. The molecular weight excluding hydrogens is 498 g/mol. The van der Waals surface area contributed by atoms with Crippen molar-refractivity contribution in [3.8, 4) is 0 Å². The highest BCUT2D eigenvalue weighted by Gasteiger charge is 2.57.